The zero-order valence-electron chi connectivity index (χ0n) is 12.4. The van der Waals surface area contributed by atoms with Crippen LogP contribution >= 0.6 is 11.8 Å². The van der Waals surface area contributed by atoms with Crippen molar-refractivity contribution in [1.29, 1.82) is 0 Å². The first kappa shape index (κ1) is 15.2. The molecule has 0 aromatic carbocycles. The highest BCUT2D eigenvalue weighted by Crippen LogP contribution is 2.36. The van der Waals surface area contributed by atoms with E-state index in [1.165, 1.54) is 18.6 Å². The fourth-order valence-corrected chi connectivity index (χ4v) is 3.39. The number of hydrogen-bond donors (Lipinski definition) is 2. The van der Waals surface area contributed by atoms with Crippen molar-refractivity contribution in [2.45, 2.75) is 44.9 Å². The number of nitrogens with one attached hydrogen (secondary N) is 2. The molecule has 2 N–H and O–H groups in total. The number of aromatic nitrogens is 2. The number of hydrogen-bond acceptors (Lipinski definition) is 5. The molecule has 1 unspecified atom stereocenters. The zero-order chi connectivity index (χ0) is 14.4. The maximum Gasteiger partial charge on any atom is 0.223 e. The van der Waals surface area contributed by atoms with Crippen LogP contribution in [0.15, 0.2) is 9.52 Å². The van der Waals surface area contributed by atoms with E-state index in [2.05, 4.69) is 39.6 Å². The Morgan fingerprint density at radius 3 is 2.95 bits per heavy atom. The highest BCUT2D eigenvalue weighted by Gasteiger charge is 2.29. The Labute approximate surface area is 124 Å². The molecule has 6 nitrogen and oxygen atoms in total. The van der Waals surface area contributed by atoms with E-state index in [-0.39, 0.29) is 0 Å². The molecule has 1 fully saturated rings. The first-order valence-corrected chi connectivity index (χ1v) is 8.05. The predicted molar refractivity (Wildman–Crippen MR) is 82.0 cm³/mol. The molecule has 0 saturated carbocycles. The highest BCUT2D eigenvalue weighted by atomic mass is 32.2. The van der Waals surface area contributed by atoms with Gasteiger partial charge in [0.25, 0.3) is 0 Å². The first-order chi connectivity index (χ1) is 9.61. The Kier molecular flexibility index (Phi) is 5.28. The molecule has 0 amide bonds. The van der Waals surface area contributed by atoms with Crippen LogP contribution in [-0.2, 0) is 6.54 Å². The van der Waals surface area contributed by atoms with Crippen molar-refractivity contribution in [2.75, 3.05) is 18.8 Å². The van der Waals surface area contributed by atoms with Gasteiger partial charge in [-0.3, -0.25) is 0 Å². The molecule has 2 rings (SSSR count). The molecule has 0 bridgehead atoms. The average molecular weight is 297 g/mol. The van der Waals surface area contributed by atoms with Crippen LogP contribution in [0, 0.1) is 6.92 Å². The SMILES string of the molecule is CCNC(=NCc1noc(C)n1)NCC1(C)CCCS1. The van der Waals surface area contributed by atoms with Gasteiger partial charge in [0.05, 0.1) is 0 Å². The van der Waals surface area contributed by atoms with Gasteiger partial charge in [-0.15, -0.1) is 0 Å². The lowest BCUT2D eigenvalue weighted by molar-refractivity contribution is 0.387. The lowest BCUT2D eigenvalue weighted by Gasteiger charge is -2.24. The van der Waals surface area contributed by atoms with Gasteiger partial charge in [-0.05, 0) is 32.4 Å². The summed E-state index contributed by atoms with van der Waals surface area (Å²) in [5.74, 6) is 3.25. The molecule has 1 saturated heterocycles. The lowest BCUT2D eigenvalue weighted by atomic mass is 10.1. The minimum Gasteiger partial charge on any atom is -0.357 e. The monoisotopic (exact) mass is 297 g/mol. The Balaban J connectivity index is 1.88. The molecule has 1 aliphatic rings. The van der Waals surface area contributed by atoms with Gasteiger partial charge in [0.15, 0.2) is 11.8 Å². The lowest BCUT2D eigenvalue weighted by Crippen LogP contribution is -2.43. The van der Waals surface area contributed by atoms with Crippen molar-refractivity contribution in [3.8, 4) is 0 Å². The van der Waals surface area contributed by atoms with Crippen LogP contribution in [0.1, 0.15) is 38.4 Å². The summed E-state index contributed by atoms with van der Waals surface area (Å²) in [6.45, 7) is 8.33. The summed E-state index contributed by atoms with van der Waals surface area (Å²) in [6, 6.07) is 0. The molecule has 112 valence electrons. The Morgan fingerprint density at radius 2 is 2.35 bits per heavy atom. The maximum atomic E-state index is 4.94. The zero-order valence-corrected chi connectivity index (χ0v) is 13.2. The topological polar surface area (TPSA) is 75.3 Å². The first-order valence-electron chi connectivity index (χ1n) is 7.07. The second kappa shape index (κ2) is 6.97. The quantitative estimate of drug-likeness (QED) is 0.637. The van der Waals surface area contributed by atoms with E-state index in [4.69, 9.17) is 4.52 Å². The molecule has 1 atom stereocenters. The average Bonchev–Trinajstić information content (AvgIpc) is 3.03. The molecule has 0 radical (unpaired) electrons. The maximum absolute atomic E-state index is 4.94. The number of thioether (sulfide) groups is 1. The Bertz CT molecular complexity index is 453. The summed E-state index contributed by atoms with van der Waals surface area (Å²) < 4.78 is 5.26. The van der Waals surface area contributed by atoms with Crippen LogP contribution < -0.4 is 10.6 Å². The van der Waals surface area contributed by atoms with E-state index in [1.807, 2.05) is 11.8 Å². The summed E-state index contributed by atoms with van der Waals surface area (Å²) >= 11 is 2.04. The largest absolute Gasteiger partial charge is 0.357 e. The van der Waals surface area contributed by atoms with Gasteiger partial charge in [0.2, 0.25) is 5.89 Å². The minimum absolute atomic E-state index is 0.318. The van der Waals surface area contributed by atoms with Gasteiger partial charge < -0.3 is 15.2 Å². The molecule has 1 aliphatic heterocycles. The third-order valence-corrected chi connectivity index (χ3v) is 4.76. The number of aliphatic imine (C=N–C) groups is 1. The molecule has 1 aromatic heterocycles. The minimum atomic E-state index is 0.318. The van der Waals surface area contributed by atoms with Crippen LogP contribution in [-0.4, -0.2) is 39.7 Å². The molecule has 7 heteroatoms. The van der Waals surface area contributed by atoms with Crippen molar-refractivity contribution in [3.63, 3.8) is 0 Å². The number of aryl methyl sites for hydroxylation is 1. The normalized spacial score (nSPS) is 23.1. The summed E-state index contributed by atoms with van der Waals surface area (Å²) in [4.78, 5) is 8.64. The summed E-state index contributed by atoms with van der Waals surface area (Å²) in [5, 5.41) is 10.5. The molecular formula is C13H23N5OS. The Hall–Kier alpha value is -1.24. The van der Waals surface area contributed by atoms with E-state index in [0.717, 1.165) is 19.0 Å². The second-order valence-electron chi connectivity index (χ2n) is 5.18. The van der Waals surface area contributed by atoms with Crippen LogP contribution in [0.25, 0.3) is 0 Å². The van der Waals surface area contributed by atoms with Gasteiger partial charge in [-0.25, -0.2) is 4.99 Å². The van der Waals surface area contributed by atoms with Crippen molar-refractivity contribution < 1.29 is 4.52 Å². The van der Waals surface area contributed by atoms with Crippen LogP contribution in [0.3, 0.4) is 0 Å². The Morgan fingerprint density at radius 1 is 1.50 bits per heavy atom. The third-order valence-electron chi connectivity index (χ3n) is 3.22. The molecule has 1 aromatic rings. The summed E-state index contributed by atoms with van der Waals surface area (Å²) in [6.07, 6.45) is 2.56. The standard InChI is InChI=1S/C13H23N5OS/c1-4-14-12(15-8-11-17-10(2)19-18-11)16-9-13(3)6-5-7-20-13/h4-9H2,1-3H3,(H2,14,15,16). The van der Waals surface area contributed by atoms with Crippen molar-refractivity contribution in [2.24, 2.45) is 4.99 Å². The van der Waals surface area contributed by atoms with Crippen LogP contribution in [0.2, 0.25) is 0 Å². The van der Waals surface area contributed by atoms with Gasteiger partial charge in [0, 0.05) is 24.8 Å². The summed E-state index contributed by atoms with van der Waals surface area (Å²) in [7, 11) is 0. The molecule has 20 heavy (non-hydrogen) atoms. The fourth-order valence-electron chi connectivity index (χ4n) is 2.14. The number of rotatable bonds is 5. The van der Waals surface area contributed by atoms with Crippen LogP contribution in [0.5, 0.6) is 0 Å². The van der Waals surface area contributed by atoms with E-state index >= 15 is 0 Å². The summed E-state index contributed by atoms with van der Waals surface area (Å²) in [5.41, 5.74) is 0. The molecule has 2 heterocycles. The van der Waals surface area contributed by atoms with E-state index in [1.54, 1.807) is 6.92 Å². The van der Waals surface area contributed by atoms with E-state index in [0.29, 0.717) is 23.0 Å². The van der Waals surface area contributed by atoms with Crippen molar-refractivity contribution >= 4 is 17.7 Å². The molecule has 0 aliphatic carbocycles. The van der Waals surface area contributed by atoms with Gasteiger partial charge in [-0.1, -0.05) is 5.16 Å². The highest BCUT2D eigenvalue weighted by molar-refractivity contribution is 8.00. The molecular weight excluding hydrogens is 274 g/mol. The van der Waals surface area contributed by atoms with Crippen molar-refractivity contribution in [3.05, 3.63) is 11.7 Å². The van der Waals surface area contributed by atoms with Gasteiger partial charge >= 0.3 is 0 Å². The smallest absolute Gasteiger partial charge is 0.223 e. The van der Waals surface area contributed by atoms with E-state index in [9.17, 15) is 0 Å². The molecule has 0 spiro atoms. The number of nitrogens with zero attached hydrogens (tertiary/aromatic N) is 3. The fraction of sp³-hybridized carbons (Fsp3) is 0.769. The van der Waals surface area contributed by atoms with Crippen LogP contribution in [0.4, 0.5) is 0 Å². The van der Waals surface area contributed by atoms with Gasteiger partial charge in [-0.2, -0.15) is 16.7 Å². The second-order valence-corrected chi connectivity index (χ2v) is 6.86. The predicted octanol–water partition coefficient (Wildman–Crippen LogP) is 1.72. The van der Waals surface area contributed by atoms with E-state index < -0.39 is 0 Å². The van der Waals surface area contributed by atoms with Gasteiger partial charge in [0.1, 0.15) is 6.54 Å². The van der Waals surface area contributed by atoms with Crippen molar-refractivity contribution in [1.82, 2.24) is 20.8 Å². The number of guanidine groups is 1. The third kappa shape index (κ3) is 4.40.